The fourth-order valence-corrected chi connectivity index (χ4v) is 4.08. The number of nitrogens with zero attached hydrogens (tertiary/aromatic N) is 2. The number of rotatable bonds is 4. The SMILES string of the molecule is Cl.Cl.Cn1ccnc1C(NC(=O)C1CC12CCNCC2)c1ccccc1F. The minimum absolute atomic E-state index is 0. The zero-order valence-electron chi connectivity index (χ0n) is 15.2. The molecule has 2 unspecified atom stereocenters. The van der Waals surface area contributed by atoms with E-state index in [-0.39, 0.29) is 47.9 Å². The summed E-state index contributed by atoms with van der Waals surface area (Å²) in [6, 6.07) is 5.99. The Labute approximate surface area is 170 Å². The molecule has 1 saturated heterocycles. The number of carbonyl (C=O) groups excluding carboxylic acids is 1. The van der Waals surface area contributed by atoms with Gasteiger partial charge in [-0.1, -0.05) is 18.2 Å². The van der Waals surface area contributed by atoms with Crippen molar-refractivity contribution in [2.45, 2.75) is 25.3 Å². The number of aryl methyl sites for hydroxylation is 1. The van der Waals surface area contributed by atoms with E-state index in [4.69, 9.17) is 0 Å². The van der Waals surface area contributed by atoms with E-state index in [1.807, 2.05) is 11.6 Å². The number of aromatic nitrogens is 2. The van der Waals surface area contributed by atoms with Crippen molar-refractivity contribution >= 4 is 30.7 Å². The fraction of sp³-hybridized carbons (Fsp3) is 0.474. The van der Waals surface area contributed by atoms with Crippen LogP contribution in [0.25, 0.3) is 0 Å². The van der Waals surface area contributed by atoms with Crippen LogP contribution in [-0.2, 0) is 11.8 Å². The monoisotopic (exact) mass is 414 g/mol. The predicted molar refractivity (Wildman–Crippen MR) is 107 cm³/mol. The Bertz CT molecular complexity index is 792. The smallest absolute Gasteiger partial charge is 0.224 e. The van der Waals surface area contributed by atoms with Crippen LogP contribution in [0.4, 0.5) is 4.39 Å². The molecule has 0 bridgehead atoms. The molecule has 2 aromatic rings. The van der Waals surface area contributed by atoms with E-state index < -0.39 is 6.04 Å². The summed E-state index contributed by atoms with van der Waals surface area (Å²) in [6.45, 7) is 1.94. The van der Waals surface area contributed by atoms with E-state index in [0.29, 0.717) is 11.4 Å². The zero-order valence-corrected chi connectivity index (χ0v) is 16.8. The molecular formula is C19H25Cl2FN4O. The first-order valence-electron chi connectivity index (χ1n) is 8.83. The van der Waals surface area contributed by atoms with Crippen molar-refractivity contribution in [2.24, 2.45) is 18.4 Å². The van der Waals surface area contributed by atoms with Gasteiger partial charge in [0.2, 0.25) is 5.91 Å². The number of benzene rings is 1. The maximum Gasteiger partial charge on any atom is 0.224 e. The standard InChI is InChI=1S/C19H23FN4O.2ClH/c1-24-11-10-22-17(24)16(13-4-2-3-5-15(13)20)23-18(25)14-12-19(14)6-8-21-9-7-19;;/h2-5,10-11,14,16,21H,6-9,12H2,1H3,(H,23,25);2*1H. The number of hydrogen-bond acceptors (Lipinski definition) is 3. The summed E-state index contributed by atoms with van der Waals surface area (Å²) in [5.41, 5.74) is 0.599. The van der Waals surface area contributed by atoms with Crippen LogP contribution in [0.15, 0.2) is 36.7 Å². The molecule has 2 N–H and O–H groups in total. The van der Waals surface area contributed by atoms with Crippen molar-refractivity contribution in [1.82, 2.24) is 20.2 Å². The van der Waals surface area contributed by atoms with Crippen LogP contribution in [0.2, 0.25) is 0 Å². The van der Waals surface area contributed by atoms with Crippen LogP contribution in [0, 0.1) is 17.2 Å². The molecule has 2 heterocycles. The van der Waals surface area contributed by atoms with Crippen molar-refractivity contribution in [3.05, 3.63) is 53.9 Å². The van der Waals surface area contributed by atoms with Crippen molar-refractivity contribution < 1.29 is 9.18 Å². The number of nitrogens with one attached hydrogen (secondary N) is 2. The van der Waals surface area contributed by atoms with Gasteiger partial charge in [-0.3, -0.25) is 4.79 Å². The Hall–Kier alpha value is -1.63. The van der Waals surface area contributed by atoms with Crippen molar-refractivity contribution in [3.8, 4) is 0 Å². The van der Waals surface area contributed by atoms with Gasteiger partial charge in [0.25, 0.3) is 0 Å². The third kappa shape index (κ3) is 4.13. The predicted octanol–water partition coefficient (Wildman–Crippen LogP) is 3.00. The normalized spacial score (nSPS) is 20.9. The average Bonchev–Trinajstić information content (AvgIpc) is 3.13. The highest BCUT2D eigenvalue weighted by Crippen LogP contribution is 2.58. The zero-order chi connectivity index (χ0) is 17.4. The number of carbonyl (C=O) groups is 1. The first-order valence-corrected chi connectivity index (χ1v) is 8.83. The molecule has 1 amide bonds. The molecule has 4 rings (SSSR count). The van der Waals surface area contributed by atoms with Gasteiger partial charge in [-0.25, -0.2) is 9.37 Å². The first kappa shape index (κ1) is 21.7. The summed E-state index contributed by atoms with van der Waals surface area (Å²) in [7, 11) is 1.85. The molecule has 27 heavy (non-hydrogen) atoms. The van der Waals surface area contributed by atoms with Gasteiger partial charge in [0.15, 0.2) is 0 Å². The average molecular weight is 415 g/mol. The second kappa shape index (κ2) is 8.59. The number of piperidine rings is 1. The van der Waals surface area contributed by atoms with Gasteiger partial charge >= 0.3 is 0 Å². The lowest BCUT2D eigenvalue weighted by Gasteiger charge is -2.24. The Morgan fingerprint density at radius 2 is 2.04 bits per heavy atom. The lowest BCUT2D eigenvalue weighted by Crippen LogP contribution is -2.36. The molecule has 1 aliphatic carbocycles. The van der Waals surface area contributed by atoms with Gasteiger partial charge in [-0.2, -0.15) is 0 Å². The molecule has 2 aliphatic rings. The van der Waals surface area contributed by atoms with Gasteiger partial charge in [-0.05, 0) is 43.8 Å². The second-order valence-electron chi connectivity index (χ2n) is 7.23. The molecule has 2 fully saturated rings. The number of imidazole rings is 1. The highest BCUT2D eigenvalue weighted by atomic mass is 35.5. The molecule has 1 aliphatic heterocycles. The Balaban J connectivity index is 0.00000131. The lowest BCUT2D eigenvalue weighted by atomic mass is 9.91. The number of halogens is 3. The van der Waals surface area contributed by atoms with Crippen LogP contribution in [0.5, 0.6) is 0 Å². The van der Waals surface area contributed by atoms with Crippen LogP contribution in [0.3, 0.4) is 0 Å². The maximum absolute atomic E-state index is 14.4. The largest absolute Gasteiger partial charge is 0.342 e. The lowest BCUT2D eigenvalue weighted by molar-refractivity contribution is -0.123. The van der Waals surface area contributed by atoms with E-state index in [0.717, 1.165) is 32.4 Å². The van der Waals surface area contributed by atoms with Crippen molar-refractivity contribution in [2.75, 3.05) is 13.1 Å². The summed E-state index contributed by atoms with van der Waals surface area (Å²) in [5.74, 6) is 0.351. The van der Waals surface area contributed by atoms with E-state index >= 15 is 0 Å². The highest BCUT2D eigenvalue weighted by molar-refractivity contribution is 5.85. The second-order valence-corrected chi connectivity index (χ2v) is 7.23. The van der Waals surface area contributed by atoms with Crippen LogP contribution in [0.1, 0.15) is 36.7 Å². The van der Waals surface area contributed by atoms with Crippen molar-refractivity contribution in [1.29, 1.82) is 0 Å². The molecule has 1 aromatic carbocycles. The third-order valence-electron chi connectivity index (χ3n) is 5.73. The molecule has 5 nitrogen and oxygen atoms in total. The van der Waals surface area contributed by atoms with Crippen LogP contribution >= 0.6 is 24.8 Å². The summed E-state index contributed by atoms with van der Waals surface area (Å²) in [5, 5.41) is 6.42. The molecule has 148 valence electrons. The Morgan fingerprint density at radius 3 is 2.67 bits per heavy atom. The van der Waals surface area contributed by atoms with Crippen LogP contribution in [-0.4, -0.2) is 28.5 Å². The molecule has 1 aromatic heterocycles. The Morgan fingerprint density at radius 1 is 1.33 bits per heavy atom. The summed E-state index contributed by atoms with van der Waals surface area (Å²) in [4.78, 5) is 17.2. The maximum atomic E-state index is 14.4. The summed E-state index contributed by atoms with van der Waals surface area (Å²) < 4.78 is 16.2. The van der Waals surface area contributed by atoms with E-state index in [2.05, 4.69) is 15.6 Å². The third-order valence-corrected chi connectivity index (χ3v) is 5.73. The topological polar surface area (TPSA) is 59.0 Å². The molecule has 1 spiro atoms. The van der Waals surface area contributed by atoms with Crippen molar-refractivity contribution in [3.63, 3.8) is 0 Å². The van der Waals surface area contributed by atoms with Gasteiger partial charge in [0, 0.05) is 30.9 Å². The number of amides is 1. The summed E-state index contributed by atoms with van der Waals surface area (Å²) in [6.07, 6.45) is 6.49. The molecule has 2 atom stereocenters. The number of hydrogen-bond donors (Lipinski definition) is 2. The minimum Gasteiger partial charge on any atom is -0.342 e. The van der Waals surface area contributed by atoms with Gasteiger partial charge in [0.05, 0.1) is 0 Å². The molecule has 1 saturated carbocycles. The molecule has 8 heteroatoms. The van der Waals surface area contributed by atoms with E-state index in [1.54, 1.807) is 30.6 Å². The highest BCUT2D eigenvalue weighted by Gasteiger charge is 2.57. The minimum atomic E-state index is -0.576. The van der Waals surface area contributed by atoms with E-state index in [1.165, 1.54) is 6.07 Å². The first-order chi connectivity index (χ1) is 12.1. The van der Waals surface area contributed by atoms with Gasteiger partial charge < -0.3 is 15.2 Å². The fourth-order valence-electron chi connectivity index (χ4n) is 4.08. The van der Waals surface area contributed by atoms with Gasteiger partial charge in [-0.15, -0.1) is 24.8 Å². The Kier molecular flexibility index (Phi) is 6.89. The summed E-state index contributed by atoms with van der Waals surface area (Å²) >= 11 is 0. The van der Waals surface area contributed by atoms with Crippen LogP contribution < -0.4 is 10.6 Å². The molecule has 0 radical (unpaired) electrons. The quantitative estimate of drug-likeness (QED) is 0.808. The van der Waals surface area contributed by atoms with E-state index in [9.17, 15) is 9.18 Å². The molecular weight excluding hydrogens is 390 g/mol. The van der Waals surface area contributed by atoms with Gasteiger partial charge in [0.1, 0.15) is 17.7 Å².